The average Bonchev–Trinajstić information content (AvgIpc) is 2.24. The van der Waals surface area contributed by atoms with E-state index in [2.05, 4.69) is 10.3 Å². The van der Waals surface area contributed by atoms with Crippen molar-refractivity contribution in [3.63, 3.8) is 0 Å². The Morgan fingerprint density at radius 1 is 1.31 bits per heavy atom. The summed E-state index contributed by atoms with van der Waals surface area (Å²) in [5, 5.41) is 8.00. The fraction of sp³-hybridized carbons (Fsp3) is 0.444. The second kappa shape index (κ2) is 5.78. The SMILES string of the molecule is NCCCCNc1ccc(S(N)(=O)=O)cn1. The lowest BCUT2D eigenvalue weighted by atomic mass is 10.3. The zero-order valence-corrected chi connectivity index (χ0v) is 9.70. The van der Waals surface area contributed by atoms with Crippen LogP contribution in [0.3, 0.4) is 0 Å². The lowest BCUT2D eigenvalue weighted by Crippen LogP contribution is -2.13. The van der Waals surface area contributed by atoms with Gasteiger partial charge in [-0.2, -0.15) is 0 Å². The molecule has 5 N–H and O–H groups in total. The van der Waals surface area contributed by atoms with Gasteiger partial charge in [0.05, 0.1) is 0 Å². The number of hydrogen-bond donors (Lipinski definition) is 3. The summed E-state index contributed by atoms with van der Waals surface area (Å²) in [6, 6.07) is 3.01. The summed E-state index contributed by atoms with van der Waals surface area (Å²) in [6.07, 6.45) is 3.14. The number of anilines is 1. The average molecular weight is 244 g/mol. The molecule has 16 heavy (non-hydrogen) atoms. The van der Waals surface area contributed by atoms with Crippen molar-refractivity contribution in [2.75, 3.05) is 18.4 Å². The lowest BCUT2D eigenvalue weighted by molar-refractivity contribution is 0.597. The van der Waals surface area contributed by atoms with E-state index < -0.39 is 10.0 Å². The van der Waals surface area contributed by atoms with E-state index in [0.29, 0.717) is 12.4 Å². The van der Waals surface area contributed by atoms with Crippen molar-refractivity contribution in [1.82, 2.24) is 4.98 Å². The summed E-state index contributed by atoms with van der Waals surface area (Å²) in [5.41, 5.74) is 5.35. The summed E-state index contributed by atoms with van der Waals surface area (Å²) in [6.45, 7) is 1.43. The van der Waals surface area contributed by atoms with Gasteiger partial charge in [-0.1, -0.05) is 0 Å². The van der Waals surface area contributed by atoms with Gasteiger partial charge in [-0.3, -0.25) is 0 Å². The molecule has 0 spiro atoms. The molecule has 0 aliphatic carbocycles. The monoisotopic (exact) mass is 244 g/mol. The van der Waals surface area contributed by atoms with Crippen LogP contribution in [0.4, 0.5) is 5.82 Å². The minimum atomic E-state index is -3.66. The zero-order chi connectivity index (χ0) is 12.0. The zero-order valence-electron chi connectivity index (χ0n) is 8.89. The van der Waals surface area contributed by atoms with Crippen LogP contribution in [-0.2, 0) is 10.0 Å². The first-order valence-electron chi connectivity index (χ1n) is 4.97. The molecule has 1 aromatic rings. The predicted octanol–water partition coefficient (Wildman–Crippen LogP) is -0.120. The first-order chi connectivity index (χ1) is 7.54. The summed E-state index contributed by atoms with van der Waals surface area (Å²) in [4.78, 5) is 3.96. The molecule has 90 valence electrons. The number of primary sulfonamides is 1. The van der Waals surface area contributed by atoms with Crippen LogP contribution in [0.5, 0.6) is 0 Å². The molecule has 0 aromatic carbocycles. The highest BCUT2D eigenvalue weighted by Crippen LogP contribution is 2.08. The van der Waals surface area contributed by atoms with Gasteiger partial charge < -0.3 is 11.1 Å². The maximum absolute atomic E-state index is 10.9. The molecule has 1 heterocycles. The smallest absolute Gasteiger partial charge is 0.239 e. The van der Waals surface area contributed by atoms with Crippen LogP contribution >= 0.6 is 0 Å². The van der Waals surface area contributed by atoms with Gasteiger partial charge in [-0.15, -0.1) is 0 Å². The molecular weight excluding hydrogens is 228 g/mol. The standard InChI is InChI=1S/C9H16N4O2S/c10-5-1-2-6-12-9-4-3-8(7-13-9)16(11,14)15/h3-4,7H,1-2,5-6,10H2,(H,12,13)(H2,11,14,15). The molecule has 6 nitrogen and oxygen atoms in total. The minimum absolute atomic E-state index is 0.0139. The van der Waals surface area contributed by atoms with Crippen LogP contribution in [0.25, 0.3) is 0 Å². The first-order valence-corrected chi connectivity index (χ1v) is 6.51. The summed E-state index contributed by atoms with van der Waals surface area (Å²) < 4.78 is 21.9. The van der Waals surface area contributed by atoms with Crippen molar-refractivity contribution >= 4 is 15.8 Å². The number of pyridine rings is 1. The highest BCUT2D eigenvalue weighted by molar-refractivity contribution is 7.89. The number of hydrogen-bond acceptors (Lipinski definition) is 5. The Morgan fingerprint density at radius 3 is 2.56 bits per heavy atom. The van der Waals surface area contributed by atoms with Crippen LogP contribution in [0.2, 0.25) is 0 Å². The third kappa shape index (κ3) is 4.13. The van der Waals surface area contributed by atoms with Crippen molar-refractivity contribution in [3.05, 3.63) is 18.3 Å². The molecule has 7 heteroatoms. The quantitative estimate of drug-likeness (QED) is 0.604. The van der Waals surface area contributed by atoms with E-state index in [1.807, 2.05) is 0 Å². The number of unbranched alkanes of at least 4 members (excludes halogenated alkanes) is 1. The molecule has 0 fully saturated rings. The van der Waals surface area contributed by atoms with Crippen molar-refractivity contribution in [1.29, 1.82) is 0 Å². The maximum Gasteiger partial charge on any atom is 0.239 e. The van der Waals surface area contributed by atoms with Crippen molar-refractivity contribution in [2.45, 2.75) is 17.7 Å². The van der Waals surface area contributed by atoms with E-state index in [4.69, 9.17) is 10.9 Å². The predicted molar refractivity (Wildman–Crippen MR) is 62.4 cm³/mol. The number of nitrogens with one attached hydrogen (secondary N) is 1. The first kappa shape index (κ1) is 12.9. The number of sulfonamides is 1. The largest absolute Gasteiger partial charge is 0.370 e. The van der Waals surface area contributed by atoms with Gasteiger partial charge in [0.25, 0.3) is 0 Å². The topological polar surface area (TPSA) is 111 Å². The van der Waals surface area contributed by atoms with Gasteiger partial charge in [-0.05, 0) is 31.5 Å². The van der Waals surface area contributed by atoms with Crippen LogP contribution < -0.4 is 16.2 Å². The number of nitrogens with two attached hydrogens (primary N) is 2. The fourth-order valence-electron chi connectivity index (χ4n) is 1.14. The third-order valence-electron chi connectivity index (χ3n) is 2.00. The van der Waals surface area contributed by atoms with Crippen LogP contribution in [0.1, 0.15) is 12.8 Å². The van der Waals surface area contributed by atoms with E-state index >= 15 is 0 Å². The van der Waals surface area contributed by atoms with E-state index in [9.17, 15) is 8.42 Å². The van der Waals surface area contributed by atoms with Gasteiger partial charge in [0, 0.05) is 12.7 Å². The molecule has 0 aliphatic rings. The molecule has 0 radical (unpaired) electrons. The van der Waals surface area contributed by atoms with Gasteiger partial charge in [0.1, 0.15) is 10.7 Å². The number of rotatable bonds is 6. The Kier molecular flexibility index (Phi) is 4.66. The Labute approximate surface area is 95.1 Å². The molecule has 0 amide bonds. The third-order valence-corrected chi connectivity index (χ3v) is 2.90. The molecule has 0 unspecified atom stereocenters. The van der Waals surface area contributed by atoms with E-state index in [-0.39, 0.29) is 4.90 Å². The van der Waals surface area contributed by atoms with Gasteiger partial charge in [0.15, 0.2) is 0 Å². The Balaban J connectivity index is 2.52. The number of nitrogens with zero attached hydrogens (tertiary/aromatic N) is 1. The van der Waals surface area contributed by atoms with Crippen LogP contribution in [-0.4, -0.2) is 26.5 Å². The molecule has 1 rings (SSSR count). The molecule has 0 bridgehead atoms. The summed E-state index contributed by atoms with van der Waals surface area (Å²) in [7, 11) is -3.66. The lowest BCUT2D eigenvalue weighted by Gasteiger charge is -2.05. The van der Waals surface area contributed by atoms with Gasteiger partial charge in [0.2, 0.25) is 10.0 Å². The summed E-state index contributed by atoms with van der Waals surface area (Å²) in [5.74, 6) is 0.629. The molecule has 0 saturated heterocycles. The highest BCUT2D eigenvalue weighted by Gasteiger charge is 2.07. The molecule has 0 saturated carbocycles. The molecule has 0 atom stereocenters. The fourth-order valence-corrected chi connectivity index (χ4v) is 1.60. The van der Waals surface area contributed by atoms with E-state index in [1.165, 1.54) is 12.3 Å². The summed E-state index contributed by atoms with van der Waals surface area (Å²) >= 11 is 0. The van der Waals surface area contributed by atoms with Crippen LogP contribution in [0, 0.1) is 0 Å². The Hall–Kier alpha value is -1.18. The second-order valence-corrected chi connectivity index (χ2v) is 4.91. The Bertz CT molecular complexity index is 416. The van der Waals surface area contributed by atoms with E-state index in [1.54, 1.807) is 6.07 Å². The highest BCUT2D eigenvalue weighted by atomic mass is 32.2. The van der Waals surface area contributed by atoms with Gasteiger partial charge in [-0.25, -0.2) is 18.5 Å². The molecule has 1 aromatic heterocycles. The van der Waals surface area contributed by atoms with Crippen molar-refractivity contribution < 1.29 is 8.42 Å². The van der Waals surface area contributed by atoms with E-state index in [0.717, 1.165) is 19.4 Å². The van der Waals surface area contributed by atoms with Crippen molar-refractivity contribution in [2.24, 2.45) is 10.9 Å². The Morgan fingerprint density at radius 2 is 2.06 bits per heavy atom. The van der Waals surface area contributed by atoms with Crippen LogP contribution in [0.15, 0.2) is 23.2 Å². The normalized spacial score (nSPS) is 11.4. The van der Waals surface area contributed by atoms with Crippen molar-refractivity contribution in [3.8, 4) is 0 Å². The second-order valence-electron chi connectivity index (χ2n) is 3.35. The molecule has 0 aliphatic heterocycles. The number of aromatic nitrogens is 1. The van der Waals surface area contributed by atoms with Gasteiger partial charge >= 0.3 is 0 Å². The maximum atomic E-state index is 10.9. The minimum Gasteiger partial charge on any atom is -0.370 e. The molecular formula is C9H16N4O2S.